The molecule has 1 saturated heterocycles. The van der Waals surface area contributed by atoms with Crippen molar-refractivity contribution in [3.05, 3.63) is 21.9 Å². The summed E-state index contributed by atoms with van der Waals surface area (Å²) in [5.74, 6) is 5.70. The smallest absolute Gasteiger partial charge is 0.252 e. The summed E-state index contributed by atoms with van der Waals surface area (Å²) in [5, 5.41) is 13.5. The van der Waals surface area contributed by atoms with Gasteiger partial charge in [-0.15, -0.1) is 11.3 Å². The molecule has 1 aromatic heterocycles. The molecule has 0 saturated carbocycles. The number of carbonyl (C=O) groups excluding carboxylic acids is 1. The molecule has 0 bridgehead atoms. The largest absolute Gasteiger partial charge is 0.395 e. The fraction of sp³-hybridized carbons (Fsp3) is 0.533. The molecule has 5 heteroatoms. The Morgan fingerprint density at radius 2 is 2.50 bits per heavy atom. The van der Waals surface area contributed by atoms with Crippen molar-refractivity contribution in [1.82, 2.24) is 5.32 Å². The Hall–Kier alpha value is -1.35. The van der Waals surface area contributed by atoms with E-state index in [1.807, 2.05) is 19.2 Å². The predicted molar refractivity (Wildman–Crippen MR) is 78.8 cm³/mol. The third-order valence-corrected chi connectivity index (χ3v) is 4.44. The number of hydrogen-bond acceptors (Lipinski definition) is 4. The van der Waals surface area contributed by atoms with Crippen LogP contribution in [0.2, 0.25) is 0 Å². The maximum atomic E-state index is 12.2. The van der Waals surface area contributed by atoms with E-state index in [0.29, 0.717) is 18.6 Å². The second-order valence-corrected chi connectivity index (χ2v) is 6.02. The van der Waals surface area contributed by atoms with E-state index in [0.717, 1.165) is 11.3 Å². The van der Waals surface area contributed by atoms with Gasteiger partial charge in [-0.25, -0.2) is 0 Å². The van der Waals surface area contributed by atoms with Crippen molar-refractivity contribution < 1.29 is 14.6 Å². The van der Waals surface area contributed by atoms with E-state index >= 15 is 0 Å². The van der Waals surface area contributed by atoms with Gasteiger partial charge in [0.1, 0.15) is 0 Å². The number of thiophene rings is 1. The van der Waals surface area contributed by atoms with Gasteiger partial charge in [0.15, 0.2) is 0 Å². The van der Waals surface area contributed by atoms with Crippen molar-refractivity contribution in [3.63, 3.8) is 0 Å². The van der Waals surface area contributed by atoms with Crippen molar-refractivity contribution >= 4 is 17.2 Å². The lowest BCUT2D eigenvalue weighted by Crippen LogP contribution is -2.50. The third kappa shape index (κ3) is 3.40. The summed E-state index contributed by atoms with van der Waals surface area (Å²) < 4.78 is 5.52. The number of hydrogen-bond donors (Lipinski definition) is 2. The topological polar surface area (TPSA) is 58.6 Å². The molecule has 108 valence electrons. The molecule has 1 amide bonds. The zero-order valence-electron chi connectivity index (χ0n) is 11.7. The highest BCUT2D eigenvalue weighted by atomic mass is 32.1. The van der Waals surface area contributed by atoms with Gasteiger partial charge in [0, 0.05) is 18.4 Å². The first-order valence-electron chi connectivity index (χ1n) is 6.67. The summed E-state index contributed by atoms with van der Waals surface area (Å²) in [6.07, 6.45) is 1.30. The average molecular weight is 293 g/mol. The highest BCUT2D eigenvalue weighted by molar-refractivity contribution is 7.10. The highest BCUT2D eigenvalue weighted by Gasteiger charge is 2.38. The van der Waals surface area contributed by atoms with Crippen molar-refractivity contribution in [2.24, 2.45) is 0 Å². The standard InChI is InChI=1S/C15H19NO3S/c1-11-15(2,6-8-19-11)16-14(18)12-9-13(20-10-12)5-3-4-7-17/h9-11,17H,4,6-8H2,1-2H3,(H,16,18). The van der Waals surface area contributed by atoms with Gasteiger partial charge in [-0.05, 0) is 26.3 Å². The fourth-order valence-electron chi connectivity index (χ4n) is 2.06. The van der Waals surface area contributed by atoms with E-state index in [4.69, 9.17) is 9.84 Å². The second kappa shape index (κ2) is 6.40. The van der Waals surface area contributed by atoms with Crippen molar-refractivity contribution in [3.8, 4) is 11.8 Å². The Morgan fingerprint density at radius 1 is 1.70 bits per heavy atom. The summed E-state index contributed by atoms with van der Waals surface area (Å²) in [6, 6.07) is 1.79. The Balaban J connectivity index is 2.02. The van der Waals surface area contributed by atoms with Crippen LogP contribution in [0.1, 0.15) is 41.9 Å². The van der Waals surface area contributed by atoms with Gasteiger partial charge in [0.25, 0.3) is 5.91 Å². The number of carbonyl (C=O) groups is 1. The predicted octanol–water partition coefficient (Wildman–Crippen LogP) is 1.78. The second-order valence-electron chi connectivity index (χ2n) is 5.11. The fourth-order valence-corrected chi connectivity index (χ4v) is 2.81. The highest BCUT2D eigenvalue weighted by Crippen LogP contribution is 2.26. The molecule has 4 nitrogen and oxygen atoms in total. The Kier molecular flexibility index (Phi) is 4.81. The Bertz CT molecular complexity index is 543. The van der Waals surface area contributed by atoms with E-state index in [2.05, 4.69) is 17.2 Å². The van der Waals surface area contributed by atoms with Crippen LogP contribution in [-0.4, -0.2) is 35.9 Å². The molecular weight excluding hydrogens is 274 g/mol. The monoisotopic (exact) mass is 293 g/mol. The van der Waals surface area contributed by atoms with Crippen LogP contribution >= 0.6 is 11.3 Å². The van der Waals surface area contributed by atoms with Crippen LogP contribution < -0.4 is 5.32 Å². The number of amides is 1. The lowest BCUT2D eigenvalue weighted by molar-refractivity contribution is 0.0728. The number of aliphatic hydroxyl groups is 1. The minimum atomic E-state index is -0.304. The summed E-state index contributed by atoms with van der Waals surface area (Å²) >= 11 is 1.44. The summed E-state index contributed by atoms with van der Waals surface area (Å²) in [5.41, 5.74) is 0.325. The number of nitrogens with one attached hydrogen (secondary N) is 1. The van der Waals surface area contributed by atoms with Crippen LogP contribution in [0, 0.1) is 11.8 Å². The molecule has 0 spiro atoms. The zero-order chi connectivity index (χ0) is 14.6. The first-order chi connectivity index (χ1) is 9.55. The van der Waals surface area contributed by atoms with Crippen LogP contribution in [0.25, 0.3) is 0 Å². The number of ether oxygens (including phenoxy) is 1. The summed E-state index contributed by atoms with van der Waals surface area (Å²) in [6.45, 7) is 4.73. The maximum absolute atomic E-state index is 12.2. The van der Waals surface area contributed by atoms with Crippen molar-refractivity contribution in [2.75, 3.05) is 13.2 Å². The molecule has 20 heavy (non-hydrogen) atoms. The van der Waals surface area contributed by atoms with Crippen molar-refractivity contribution in [2.45, 2.75) is 38.3 Å². The van der Waals surface area contributed by atoms with Crippen LogP contribution in [-0.2, 0) is 4.74 Å². The van der Waals surface area contributed by atoms with Crippen LogP contribution in [0.3, 0.4) is 0 Å². The molecule has 1 aliphatic heterocycles. The molecule has 2 heterocycles. The Morgan fingerprint density at radius 3 is 3.15 bits per heavy atom. The van der Waals surface area contributed by atoms with Gasteiger partial charge in [0.05, 0.1) is 28.7 Å². The SMILES string of the molecule is CC1OCCC1(C)NC(=O)c1csc(C#CCCO)c1. The summed E-state index contributed by atoms with van der Waals surface area (Å²) in [4.78, 5) is 13.1. The number of aliphatic hydroxyl groups excluding tert-OH is 1. The number of rotatable bonds is 3. The molecule has 2 atom stereocenters. The lowest BCUT2D eigenvalue weighted by Gasteiger charge is -2.28. The third-order valence-electron chi connectivity index (χ3n) is 3.60. The van der Waals surface area contributed by atoms with Crippen molar-refractivity contribution in [1.29, 1.82) is 0 Å². The average Bonchev–Trinajstić information content (AvgIpc) is 2.99. The van der Waals surface area contributed by atoms with E-state index in [1.54, 1.807) is 6.07 Å². The molecular formula is C15H19NO3S. The molecule has 2 unspecified atom stereocenters. The first-order valence-corrected chi connectivity index (χ1v) is 7.55. The van der Waals surface area contributed by atoms with Gasteiger partial charge < -0.3 is 15.2 Å². The van der Waals surface area contributed by atoms with Gasteiger partial charge in [-0.2, -0.15) is 0 Å². The minimum absolute atomic E-state index is 0.0221. The molecule has 1 fully saturated rings. The normalized spacial score (nSPS) is 25.1. The molecule has 0 aromatic carbocycles. The van der Waals surface area contributed by atoms with Crippen LogP contribution in [0.4, 0.5) is 0 Å². The quantitative estimate of drug-likeness (QED) is 0.835. The molecule has 2 rings (SSSR count). The zero-order valence-corrected chi connectivity index (χ0v) is 12.5. The summed E-state index contributed by atoms with van der Waals surface area (Å²) in [7, 11) is 0. The van der Waals surface area contributed by atoms with Gasteiger partial charge >= 0.3 is 0 Å². The van der Waals surface area contributed by atoms with Gasteiger partial charge in [-0.3, -0.25) is 4.79 Å². The molecule has 1 aliphatic rings. The minimum Gasteiger partial charge on any atom is -0.395 e. The van der Waals surface area contributed by atoms with Gasteiger partial charge in [-0.1, -0.05) is 11.8 Å². The molecule has 1 aromatic rings. The lowest BCUT2D eigenvalue weighted by atomic mass is 9.94. The molecule has 0 aliphatic carbocycles. The van der Waals surface area contributed by atoms with Crippen LogP contribution in [0.15, 0.2) is 11.4 Å². The molecule has 0 radical (unpaired) electrons. The van der Waals surface area contributed by atoms with E-state index in [-0.39, 0.29) is 24.2 Å². The van der Waals surface area contributed by atoms with E-state index in [9.17, 15) is 4.79 Å². The molecule has 2 N–H and O–H groups in total. The maximum Gasteiger partial charge on any atom is 0.252 e. The first kappa shape index (κ1) is 15.0. The van der Waals surface area contributed by atoms with Gasteiger partial charge in [0.2, 0.25) is 0 Å². The Labute approximate surface area is 123 Å². The van der Waals surface area contributed by atoms with E-state index < -0.39 is 0 Å². The van der Waals surface area contributed by atoms with E-state index in [1.165, 1.54) is 11.3 Å². The van der Waals surface area contributed by atoms with Crippen LogP contribution in [0.5, 0.6) is 0 Å².